The number of benzene rings is 4. The number of phenolic OH excluding ortho intramolecular Hbond substituents is 1. The number of hydrogen-bond acceptors (Lipinski definition) is 7. The first kappa shape index (κ1) is 22.4. The second-order valence-corrected chi connectivity index (χ2v) is 7.19. The van der Waals surface area contributed by atoms with Crippen molar-refractivity contribution in [2.24, 2.45) is 10.2 Å². The zero-order chi connectivity index (χ0) is 24.1. The quantitative estimate of drug-likeness (QED) is 0.275. The third kappa shape index (κ3) is 4.39. The molecule has 0 unspecified atom stereocenters. The van der Waals surface area contributed by atoms with Gasteiger partial charge in [-0.25, -0.2) is 0 Å². The van der Waals surface area contributed by atoms with E-state index < -0.39 is 0 Å². The van der Waals surface area contributed by atoms with Gasteiger partial charge in [0.05, 0.1) is 26.0 Å². The Morgan fingerprint density at radius 2 is 1.62 bits per heavy atom. The minimum absolute atomic E-state index is 0.0174. The van der Waals surface area contributed by atoms with Crippen molar-refractivity contribution >= 4 is 40.0 Å². The summed E-state index contributed by atoms with van der Waals surface area (Å²) < 4.78 is 10.9. The number of rotatable bonds is 7. The Labute approximate surface area is 195 Å². The van der Waals surface area contributed by atoms with Gasteiger partial charge in [-0.05, 0) is 24.3 Å². The molecule has 0 bridgehead atoms. The number of carbonyl (C=O) groups is 1. The van der Waals surface area contributed by atoms with Crippen LogP contribution in [0.5, 0.6) is 17.2 Å². The van der Waals surface area contributed by atoms with Crippen LogP contribution in [-0.2, 0) is 4.79 Å². The van der Waals surface area contributed by atoms with Crippen LogP contribution in [0, 0.1) is 0 Å². The van der Waals surface area contributed by atoms with Crippen LogP contribution in [0.2, 0.25) is 0 Å². The Morgan fingerprint density at radius 3 is 2.32 bits per heavy atom. The van der Waals surface area contributed by atoms with Gasteiger partial charge in [0.2, 0.25) is 0 Å². The molecule has 2 N–H and O–H groups in total. The summed E-state index contributed by atoms with van der Waals surface area (Å²) in [6.07, 6.45) is 1.72. The maximum Gasteiger partial charge on any atom is 0.307 e. The lowest BCUT2D eigenvalue weighted by molar-refractivity contribution is 0.102. The van der Waals surface area contributed by atoms with Crippen molar-refractivity contribution in [1.29, 1.82) is 0 Å². The minimum Gasteiger partial charge on any atom is -0.494 e. The monoisotopic (exact) mass is 454 g/mol. The molecular formula is C26H20N3O5+. The fourth-order valence-corrected chi connectivity index (χ4v) is 3.44. The van der Waals surface area contributed by atoms with Gasteiger partial charge in [0, 0.05) is 28.5 Å². The molecule has 8 nitrogen and oxygen atoms in total. The molecule has 0 saturated carbocycles. The minimum atomic E-state index is -0.324. The van der Waals surface area contributed by atoms with Crippen molar-refractivity contribution in [3.8, 4) is 17.2 Å². The van der Waals surface area contributed by atoms with Gasteiger partial charge in [-0.1, -0.05) is 30.3 Å². The maximum atomic E-state index is 12.6. The smallest absolute Gasteiger partial charge is 0.307 e. The number of azo groups is 1. The van der Waals surface area contributed by atoms with E-state index in [1.54, 1.807) is 60.9 Å². The van der Waals surface area contributed by atoms with Crippen LogP contribution >= 0.6 is 0 Å². The number of amides is 1. The van der Waals surface area contributed by atoms with E-state index in [2.05, 4.69) is 15.5 Å². The van der Waals surface area contributed by atoms with Crippen LogP contribution in [0.25, 0.3) is 10.8 Å². The number of ether oxygens (including phenoxy) is 2. The van der Waals surface area contributed by atoms with Crippen LogP contribution in [0.15, 0.2) is 83.0 Å². The first-order valence-electron chi connectivity index (χ1n) is 10.2. The summed E-state index contributed by atoms with van der Waals surface area (Å²) in [4.78, 5) is 23.9. The molecule has 0 saturated heterocycles. The molecule has 0 aromatic heterocycles. The Bertz CT molecular complexity index is 1400. The summed E-state index contributed by atoms with van der Waals surface area (Å²) in [5.41, 5.74) is 1.27. The fraction of sp³-hybridized carbons (Fsp3) is 0.0769. The number of nitrogens with one attached hydrogen (secondary N) is 1. The summed E-state index contributed by atoms with van der Waals surface area (Å²) in [7, 11) is 2.92. The van der Waals surface area contributed by atoms with E-state index in [0.29, 0.717) is 39.2 Å². The highest BCUT2D eigenvalue weighted by molar-refractivity contribution is 6.05. The van der Waals surface area contributed by atoms with Crippen LogP contribution in [0.3, 0.4) is 0 Å². The van der Waals surface area contributed by atoms with Crippen molar-refractivity contribution in [3.05, 3.63) is 83.9 Å². The van der Waals surface area contributed by atoms with E-state index in [-0.39, 0.29) is 22.9 Å². The van der Waals surface area contributed by atoms with Gasteiger partial charge in [0.1, 0.15) is 17.2 Å². The standard InChI is InChI=1S/C26H19N3O5/c1-33-22-14-21(23(34-2)13-20(22)27-26(32)16-8-4-3-5-9-16)28-29-24-19-11-7-6-10-17(19)12-18(15-30)25(24)31/h3-14H,1-2H3,(H-,27,28,29,30,31,32)/p+1. The van der Waals surface area contributed by atoms with Crippen molar-refractivity contribution in [2.45, 2.75) is 0 Å². The summed E-state index contributed by atoms with van der Waals surface area (Å²) in [5, 5.41) is 23.1. The fourth-order valence-electron chi connectivity index (χ4n) is 3.44. The van der Waals surface area contributed by atoms with Gasteiger partial charge < -0.3 is 19.9 Å². The maximum absolute atomic E-state index is 12.6. The Morgan fingerprint density at radius 1 is 0.912 bits per heavy atom. The number of hydrogen-bond donors (Lipinski definition) is 2. The van der Waals surface area contributed by atoms with E-state index in [0.717, 1.165) is 0 Å². The van der Waals surface area contributed by atoms with Gasteiger partial charge in [0.15, 0.2) is 5.69 Å². The molecule has 34 heavy (non-hydrogen) atoms. The highest BCUT2D eigenvalue weighted by Gasteiger charge is 2.22. The zero-order valence-corrected chi connectivity index (χ0v) is 18.4. The third-order valence-electron chi connectivity index (χ3n) is 5.15. The molecule has 168 valence electrons. The first-order valence-corrected chi connectivity index (χ1v) is 10.2. The SMILES string of the molecule is COc1cc(NC(=O)c2ccccc2)c(OC)cc1N=Nc1c(O)c([C+]=O)cc2ccccc12. The van der Waals surface area contributed by atoms with E-state index >= 15 is 0 Å². The average molecular weight is 454 g/mol. The van der Waals surface area contributed by atoms with Crippen LogP contribution in [0.4, 0.5) is 17.1 Å². The van der Waals surface area contributed by atoms with Gasteiger partial charge in [0.25, 0.3) is 17.2 Å². The molecule has 4 rings (SSSR count). The molecule has 4 aromatic carbocycles. The molecule has 0 aliphatic carbocycles. The second kappa shape index (κ2) is 9.77. The number of fused-ring (bicyclic) bond motifs is 1. The molecule has 8 heteroatoms. The summed E-state index contributed by atoms with van der Waals surface area (Å²) in [5.74, 6) is 0.0154. The molecule has 0 aliphatic heterocycles. The van der Waals surface area contributed by atoms with E-state index in [4.69, 9.17) is 9.47 Å². The van der Waals surface area contributed by atoms with Gasteiger partial charge in [-0.3, -0.25) is 4.79 Å². The predicted molar refractivity (Wildman–Crippen MR) is 129 cm³/mol. The van der Waals surface area contributed by atoms with E-state index in [1.807, 2.05) is 12.1 Å². The molecule has 0 aliphatic rings. The number of carbonyl (C=O) groups excluding carboxylic acids is 2. The number of anilines is 1. The molecule has 0 spiro atoms. The van der Waals surface area contributed by atoms with Gasteiger partial charge in [-0.2, -0.15) is 0 Å². The molecule has 1 amide bonds. The molecule has 0 heterocycles. The molecule has 0 fully saturated rings. The Hall–Kier alpha value is -4.81. The molecule has 4 aromatic rings. The largest absolute Gasteiger partial charge is 0.494 e. The number of methoxy groups -OCH3 is 2. The molecule has 0 atom stereocenters. The number of nitrogens with zero attached hydrogens (tertiary/aromatic N) is 2. The van der Waals surface area contributed by atoms with Gasteiger partial charge >= 0.3 is 6.29 Å². The van der Waals surface area contributed by atoms with E-state index in [9.17, 15) is 14.7 Å². The van der Waals surface area contributed by atoms with Gasteiger partial charge in [-0.15, -0.1) is 15.0 Å². The summed E-state index contributed by atoms with van der Waals surface area (Å²) in [6, 6.07) is 20.6. The van der Waals surface area contributed by atoms with Crippen molar-refractivity contribution in [1.82, 2.24) is 0 Å². The lowest BCUT2D eigenvalue weighted by Gasteiger charge is -2.13. The number of phenols is 1. The highest BCUT2D eigenvalue weighted by atomic mass is 16.5. The van der Waals surface area contributed by atoms with Crippen molar-refractivity contribution in [2.75, 3.05) is 19.5 Å². The Kier molecular flexibility index (Phi) is 6.43. The summed E-state index contributed by atoms with van der Waals surface area (Å²) in [6.45, 7) is 0. The van der Waals surface area contributed by atoms with Crippen LogP contribution < -0.4 is 14.8 Å². The third-order valence-corrected chi connectivity index (χ3v) is 5.15. The van der Waals surface area contributed by atoms with Crippen LogP contribution in [0.1, 0.15) is 15.9 Å². The van der Waals surface area contributed by atoms with Crippen molar-refractivity contribution in [3.63, 3.8) is 0 Å². The van der Waals surface area contributed by atoms with Crippen molar-refractivity contribution < 1.29 is 24.2 Å². The normalized spacial score (nSPS) is 10.8. The summed E-state index contributed by atoms with van der Waals surface area (Å²) >= 11 is 0. The average Bonchev–Trinajstić information content (AvgIpc) is 2.88. The van der Waals surface area contributed by atoms with E-state index in [1.165, 1.54) is 20.3 Å². The topological polar surface area (TPSA) is 110 Å². The lowest BCUT2D eigenvalue weighted by Crippen LogP contribution is -2.12. The second-order valence-electron chi connectivity index (χ2n) is 7.19. The zero-order valence-electron chi connectivity index (χ0n) is 18.4. The lowest BCUT2D eigenvalue weighted by atomic mass is 10.0. The van der Waals surface area contributed by atoms with Crippen LogP contribution in [-0.4, -0.2) is 31.5 Å². The highest BCUT2D eigenvalue weighted by Crippen LogP contribution is 2.42. The number of aromatic hydroxyl groups is 1. The predicted octanol–water partition coefficient (Wildman–Crippen LogP) is 5.69. The first-order chi connectivity index (χ1) is 16.5. The molecule has 0 radical (unpaired) electrons. The Balaban J connectivity index is 1.74. The molecular weight excluding hydrogens is 434 g/mol.